The maximum atomic E-state index is 13.7. The third kappa shape index (κ3) is 4.58. The van der Waals surface area contributed by atoms with E-state index in [1.54, 1.807) is 6.92 Å². The average Bonchev–Trinajstić information content (AvgIpc) is 2.94. The summed E-state index contributed by atoms with van der Waals surface area (Å²) in [4.78, 5) is 48.1. The molecule has 4 saturated heterocycles. The number of carbonyl (C=O) groups is 2. The van der Waals surface area contributed by atoms with Gasteiger partial charge in [0.15, 0.2) is 0 Å². The van der Waals surface area contributed by atoms with Crippen LogP contribution in [0.2, 0.25) is 0 Å². The van der Waals surface area contributed by atoms with Gasteiger partial charge < -0.3 is 10.2 Å². The molecule has 8 fully saturated rings. The molecule has 9 heteroatoms. The smallest absolute Gasteiger partial charge is 0.264 e. The van der Waals surface area contributed by atoms with E-state index in [9.17, 15) is 14.4 Å². The number of benzene rings is 1. The topological polar surface area (TPSA) is 99.6 Å². The van der Waals surface area contributed by atoms with Gasteiger partial charge in [0.05, 0.1) is 10.9 Å². The fourth-order valence-corrected chi connectivity index (χ4v) is 10.4. The Morgan fingerprint density at radius 2 is 1.69 bits per heavy atom. The van der Waals surface area contributed by atoms with Crippen LogP contribution in [-0.2, 0) is 9.59 Å². The van der Waals surface area contributed by atoms with Crippen LogP contribution < -0.4 is 16.2 Å². The number of hydrogen-bond acceptors (Lipinski definition) is 7. The summed E-state index contributed by atoms with van der Waals surface area (Å²) < 4.78 is 1.47. The predicted octanol–water partition coefficient (Wildman–Crippen LogP) is 3.46. The summed E-state index contributed by atoms with van der Waals surface area (Å²) in [5.41, 5.74) is 1.82. The van der Waals surface area contributed by atoms with Crippen LogP contribution >= 0.6 is 0 Å². The van der Waals surface area contributed by atoms with Crippen molar-refractivity contribution in [1.29, 1.82) is 0 Å². The van der Waals surface area contributed by atoms with E-state index in [-0.39, 0.29) is 17.9 Å². The Morgan fingerprint density at radius 3 is 2.38 bits per heavy atom. The summed E-state index contributed by atoms with van der Waals surface area (Å²) in [6, 6.07) is 6.27. The zero-order valence-electron chi connectivity index (χ0n) is 24.8. The molecule has 4 aliphatic carbocycles. The summed E-state index contributed by atoms with van der Waals surface area (Å²) in [5, 5.41) is 6.41. The van der Waals surface area contributed by atoms with Crippen LogP contribution in [0, 0.1) is 30.1 Å². The molecule has 5 heterocycles. The monoisotopic (exact) mass is 572 g/mol. The van der Waals surface area contributed by atoms with Gasteiger partial charge in [0.25, 0.3) is 5.56 Å². The summed E-state index contributed by atoms with van der Waals surface area (Å²) in [5.74, 6) is 2.88. The number of anilines is 1. The van der Waals surface area contributed by atoms with Gasteiger partial charge in [-0.15, -0.1) is 0 Å². The second-order valence-electron chi connectivity index (χ2n) is 14.6. The highest BCUT2D eigenvalue weighted by Gasteiger charge is 2.51. The van der Waals surface area contributed by atoms with Crippen LogP contribution in [0.3, 0.4) is 0 Å². The van der Waals surface area contributed by atoms with E-state index in [4.69, 9.17) is 0 Å². The van der Waals surface area contributed by atoms with Crippen molar-refractivity contribution < 1.29 is 9.59 Å². The van der Waals surface area contributed by atoms with E-state index in [1.807, 2.05) is 18.2 Å². The molecule has 4 saturated carbocycles. The largest absolute Gasteiger partial charge is 0.383 e. The number of nitrogens with zero attached hydrogens (tertiary/aromatic N) is 4. The Bertz CT molecular complexity index is 1440. The third-order valence-corrected chi connectivity index (χ3v) is 11.9. The van der Waals surface area contributed by atoms with Crippen LogP contribution in [0.5, 0.6) is 0 Å². The number of piperazine rings is 1. The van der Waals surface area contributed by atoms with Crippen molar-refractivity contribution in [1.82, 2.24) is 24.7 Å². The number of rotatable bonds is 8. The van der Waals surface area contributed by atoms with Gasteiger partial charge in [-0.1, -0.05) is 6.07 Å². The second-order valence-corrected chi connectivity index (χ2v) is 14.6. The van der Waals surface area contributed by atoms with Crippen molar-refractivity contribution in [2.75, 3.05) is 38.0 Å². The molecule has 6 bridgehead atoms. The van der Waals surface area contributed by atoms with E-state index in [0.29, 0.717) is 40.6 Å². The minimum absolute atomic E-state index is 0.220. The number of hydrogen-bond donors (Lipinski definition) is 2. The van der Waals surface area contributed by atoms with Crippen LogP contribution in [0.1, 0.15) is 76.1 Å². The first-order chi connectivity index (χ1) is 20.3. The summed E-state index contributed by atoms with van der Waals surface area (Å²) in [7, 11) is 0. The average molecular weight is 573 g/mol. The van der Waals surface area contributed by atoms with Gasteiger partial charge in [0, 0.05) is 50.4 Å². The molecular formula is C33H44N6O3. The fraction of sp³-hybridized carbons (Fsp3) is 0.697. The van der Waals surface area contributed by atoms with Crippen molar-refractivity contribution >= 4 is 28.4 Å². The summed E-state index contributed by atoms with van der Waals surface area (Å²) in [6.45, 7) is 7.13. The molecule has 0 radical (unpaired) electrons. The molecule has 9 nitrogen and oxygen atoms in total. The van der Waals surface area contributed by atoms with E-state index in [1.165, 1.54) is 75.6 Å². The van der Waals surface area contributed by atoms with Crippen LogP contribution in [-0.4, -0.2) is 76.0 Å². The highest BCUT2D eigenvalue weighted by atomic mass is 16.2. The number of amides is 2. The van der Waals surface area contributed by atoms with Gasteiger partial charge in [-0.05, 0) is 107 Å². The lowest BCUT2D eigenvalue weighted by molar-refractivity contribution is -0.135. The molecule has 1 aromatic carbocycles. The van der Waals surface area contributed by atoms with E-state index < -0.39 is 11.9 Å². The van der Waals surface area contributed by atoms with Crippen molar-refractivity contribution in [3.05, 3.63) is 34.4 Å². The molecule has 2 N–H and O–H groups in total. The first kappa shape index (κ1) is 26.8. The Morgan fingerprint density at radius 1 is 0.976 bits per heavy atom. The molecule has 10 rings (SSSR count). The van der Waals surface area contributed by atoms with Crippen LogP contribution in [0.15, 0.2) is 23.0 Å². The number of imide groups is 1. The van der Waals surface area contributed by atoms with E-state index in [0.717, 1.165) is 36.5 Å². The zero-order valence-corrected chi connectivity index (χ0v) is 24.8. The Balaban J connectivity index is 0.892. The van der Waals surface area contributed by atoms with Gasteiger partial charge in [0.2, 0.25) is 11.8 Å². The Labute approximate surface area is 247 Å². The predicted molar refractivity (Wildman–Crippen MR) is 161 cm³/mol. The quantitative estimate of drug-likeness (QED) is 0.468. The number of aromatic nitrogens is 2. The third-order valence-electron chi connectivity index (χ3n) is 11.9. The number of nitrogens with one attached hydrogen (secondary N) is 2. The number of fused-ring (bicyclic) bond motifs is 3. The number of piperidine rings is 2. The Hall–Kier alpha value is -2.78. The van der Waals surface area contributed by atoms with Gasteiger partial charge in [-0.3, -0.25) is 29.2 Å². The van der Waals surface area contributed by atoms with Gasteiger partial charge in [0.1, 0.15) is 11.9 Å². The van der Waals surface area contributed by atoms with Crippen LogP contribution in [0.4, 0.5) is 5.69 Å². The van der Waals surface area contributed by atoms with Crippen molar-refractivity contribution in [2.24, 2.45) is 23.2 Å². The van der Waals surface area contributed by atoms with E-state index >= 15 is 0 Å². The minimum Gasteiger partial charge on any atom is -0.383 e. The maximum Gasteiger partial charge on any atom is 0.264 e. The number of aryl methyl sites for hydroxylation is 1. The summed E-state index contributed by atoms with van der Waals surface area (Å²) in [6.07, 6.45) is 12.4. The molecule has 8 aliphatic rings. The van der Waals surface area contributed by atoms with Crippen molar-refractivity contribution in [3.8, 4) is 0 Å². The lowest BCUT2D eigenvalue weighted by Crippen LogP contribution is -2.69. The zero-order chi connectivity index (χ0) is 28.6. The standard InChI is InChI=1S/C33H44N6O3/c1-20-35-27-4-2-3-26(30(27)32(42)39(20)28-5-6-29(40)36-31(28)41)34-8-10-38-24-14-25(38)19-37(18-24)9-7-33-15-21-11-22(16-33)13-23(12-21)17-33/h2-4,21-25,28,34H,5-19H2,1H3,(H,36,40,41)/t21?,22?,23?,24-,25-,28-,33?/m1/s1. The SMILES string of the molecule is Cc1nc2cccc(NCCN3[C@@H]4C[C@@H]3CN(CCC35CC6CC(CC(C6)C3)C5)C4)c2c(=O)n1[C@@H]1CCC(=O)NC1=O. The van der Waals surface area contributed by atoms with Gasteiger partial charge in [-0.25, -0.2) is 4.98 Å². The molecule has 42 heavy (non-hydrogen) atoms. The Kier molecular flexibility index (Phi) is 6.48. The minimum atomic E-state index is -0.716. The maximum absolute atomic E-state index is 13.7. The van der Waals surface area contributed by atoms with Crippen molar-refractivity contribution in [3.63, 3.8) is 0 Å². The van der Waals surface area contributed by atoms with Gasteiger partial charge >= 0.3 is 0 Å². The summed E-state index contributed by atoms with van der Waals surface area (Å²) >= 11 is 0. The molecule has 3 atom stereocenters. The molecule has 2 aromatic rings. The molecule has 224 valence electrons. The second kappa shape index (κ2) is 10.2. The number of carbonyl (C=O) groups excluding carboxylic acids is 2. The lowest BCUT2D eigenvalue weighted by atomic mass is 9.49. The molecular weight excluding hydrogens is 528 g/mol. The first-order valence-corrected chi connectivity index (χ1v) is 16.4. The lowest BCUT2D eigenvalue weighted by Gasteiger charge is -2.59. The fourth-order valence-electron chi connectivity index (χ4n) is 10.4. The molecule has 0 unspecified atom stereocenters. The van der Waals surface area contributed by atoms with Gasteiger partial charge in [-0.2, -0.15) is 0 Å². The highest BCUT2D eigenvalue weighted by Crippen LogP contribution is 2.61. The molecule has 2 amide bonds. The first-order valence-electron chi connectivity index (χ1n) is 16.4. The van der Waals surface area contributed by atoms with Crippen molar-refractivity contribution in [2.45, 2.75) is 89.3 Å². The van der Waals surface area contributed by atoms with E-state index in [2.05, 4.69) is 25.4 Å². The molecule has 0 spiro atoms. The molecule has 1 aromatic heterocycles. The normalized spacial score (nSPS) is 35.8. The highest BCUT2D eigenvalue weighted by molar-refractivity contribution is 5.99. The van der Waals surface area contributed by atoms with Crippen LogP contribution in [0.25, 0.3) is 10.9 Å². The molecule has 4 aliphatic heterocycles.